The van der Waals surface area contributed by atoms with Crippen LogP contribution in [0.4, 0.5) is 17.5 Å². The quantitative estimate of drug-likeness (QED) is 0.676. The van der Waals surface area contributed by atoms with Gasteiger partial charge in [0.15, 0.2) is 0 Å². The molecule has 0 radical (unpaired) electrons. The molecule has 7 heteroatoms. The van der Waals surface area contributed by atoms with Crippen molar-refractivity contribution in [3.05, 3.63) is 64.2 Å². The molecule has 0 aliphatic heterocycles. The van der Waals surface area contributed by atoms with Gasteiger partial charge in [-0.25, -0.2) is 4.98 Å². The van der Waals surface area contributed by atoms with E-state index in [-0.39, 0.29) is 0 Å². The Morgan fingerprint density at radius 2 is 2.00 bits per heavy atom. The summed E-state index contributed by atoms with van der Waals surface area (Å²) in [4.78, 5) is 8.77. The van der Waals surface area contributed by atoms with E-state index in [9.17, 15) is 0 Å². The molecule has 2 heterocycles. The van der Waals surface area contributed by atoms with E-state index in [0.29, 0.717) is 34.0 Å². The molecule has 0 saturated heterocycles. The molecule has 0 spiro atoms. The van der Waals surface area contributed by atoms with Gasteiger partial charge in [0.1, 0.15) is 11.6 Å². The fraction of sp³-hybridized carbons (Fsp3) is 0.125. The highest BCUT2D eigenvalue weighted by molar-refractivity contribution is 6.43. The molecule has 0 atom stereocenters. The molecule has 0 saturated carbocycles. The topological polar surface area (TPSA) is 63.0 Å². The van der Waals surface area contributed by atoms with Gasteiger partial charge in [-0.15, -0.1) is 0 Å². The first-order valence-electron chi connectivity index (χ1n) is 6.95. The largest absolute Gasteiger partial charge is 0.467 e. The average molecular weight is 349 g/mol. The Hall–Kier alpha value is -2.24. The van der Waals surface area contributed by atoms with Crippen molar-refractivity contribution in [2.75, 3.05) is 10.6 Å². The molecule has 2 N–H and O–H groups in total. The molecule has 2 aromatic heterocycles. The Morgan fingerprint density at radius 3 is 2.78 bits per heavy atom. The second kappa shape index (κ2) is 6.89. The number of nitrogens with one attached hydrogen (secondary N) is 2. The molecule has 0 bridgehead atoms. The highest BCUT2D eigenvalue weighted by Gasteiger charge is 2.07. The predicted octanol–water partition coefficient (Wildman–Crippen LogP) is 5.04. The van der Waals surface area contributed by atoms with Gasteiger partial charge in [-0.2, -0.15) is 4.98 Å². The van der Waals surface area contributed by atoms with Crippen LogP contribution in [0.15, 0.2) is 47.1 Å². The first kappa shape index (κ1) is 15.6. The SMILES string of the molecule is Cc1cc(Nc2cccc(Cl)c2Cl)nc(NCc2ccco2)n1. The van der Waals surface area contributed by atoms with Crippen molar-refractivity contribution in [2.45, 2.75) is 13.5 Å². The second-order valence-corrected chi connectivity index (χ2v) is 5.66. The minimum Gasteiger partial charge on any atom is -0.467 e. The van der Waals surface area contributed by atoms with Crippen molar-refractivity contribution >= 4 is 40.7 Å². The van der Waals surface area contributed by atoms with E-state index in [0.717, 1.165) is 11.5 Å². The van der Waals surface area contributed by atoms with Crippen LogP contribution in [-0.4, -0.2) is 9.97 Å². The average Bonchev–Trinajstić information content (AvgIpc) is 3.03. The zero-order valence-electron chi connectivity index (χ0n) is 12.3. The number of aromatic nitrogens is 2. The maximum Gasteiger partial charge on any atom is 0.225 e. The Kier molecular flexibility index (Phi) is 4.69. The van der Waals surface area contributed by atoms with Crippen molar-refractivity contribution in [1.82, 2.24) is 9.97 Å². The molecule has 23 heavy (non-hydrogen) atoms. The Balaban J connectivity index is 1.78. The Morgan fingerprint density at radius 1 is 1.13 bits per heavy atom. The van der Waals surface area contributed by atoms with Gasteiger partial charge < -0.3 is 15.1 Å². The fourth-order valence-corrected chi connectivity index (χ4v) is 2.38. The maximum atomic E-state index is 6.19. The number of aryl methyl sites for hydroxylation is 1. The van der Waals surface area contributed by atoms with Gasteiger partial charge in [0.05, 0.1) is 28.5 Å². The molecule has 118 valence electrons. The summed E-state index contributed by atoms with van der Waals surface area (Å²) < 4.78 is 5.27. The van der Waals surface area contributed by atoms with E-state index in [2.05, 4.69) is 20.6 Å². The number of hydrogen-bond acceptors (Lipinski definition) is 5. The summed E-state index contributed by atoms with van der Waals surface area (Å²) in [6.07, 6.45) is 1.63. The van der Waals surface area contributed by atoms with E-state index in [1.807, 2.05) is 37.3 Å². The lowest BCUT2D eigenvalue weighted by Gasteiger charge is -2.11. The highest BCUT2D eigenvalue weighted by Crippen LogP contribution is 2.31. The highest BCUT2D eigenvalue weighted by atomic mass is 35.5. The number of nitrogens with zero attached hydrogens (tertiary/aromatic N) is 2. The van der Waals surface area contributed by atoms with Crippen LogP contribution in [0.25, 0.3) is 0 Å². The number of furan rings is 1. The van der Waals surface area contributed by atoms with Crippen molar-refractivity contribution < 1.29 is 4.42 Å². The lowest BCUT2D eigenvalue weighted by atomic mass is 10.3. The summed E-state index contributed by atoms with van der Waals surface area (Å²) in [6, 6.07) is 10.9. The minimum atomic E-state index is 0.454. The van der Waals surface area contributed by atoms with Gasteiger partial charge in [0.2, 0.25) is 5.95 Å². The third-order valence-corrected chi connectivity index (χ3v) is 3.89. The lowest BCUT2D eigenvalue weighted by Crippen LogP contribution is -2.06. The molecule has 0 amide bonds. The van der Waals surface area contributed by atoms with Gasteiger partial charge in [0.25, 0.3) is 0 Å². The van der Waals surface area contributed by atoms with E-state index in [4.69, 9.17) is 27.6 Å². The van der Waals surface area contributed by atoms with Crippen molar-refractivity contribution in [3.8, 4) is 0 Å². The first-order chi connectivity index (χ1) is 11.1. The molecule has 1 aromatic carbocycles. The van der Waals surface area contributed by atoms with E-state index >= 15 is 0 Å². The lowest BCUT2D eigenvalue weighted by molar-refractivity contribution is 0.517. The van der Waals surface area contributed by atoms with Crippen molar-refractivity contribution in [1.29, 1.82) is 0 Å². The summed E-state index contributed by atoms with van der Waals surface area (Å²) >= 11 is 12.2. The Labute approximate surface area is 143 Å². The molecule has 0 unspecified atom stereocenters. The fourth-order valence-electron chi connectivity index (χ4n) is 2.03. The zero-order valence-corrected chi connectivity index (χ0v) is 13.8. The number of hydrogen-bond donors (Lipinski definition) is 2. The molecular weight excluding hydrogens is 335 g/mol. The third kappa shape index (κ3) is 3.94. The third-order valence-electron chi connectivity index (χ3n) is 3.07. The number of benzene rings is 1. The molecule has 0 aliphatic rings. The van der Waals surface area contributed by atoms with Crippen LogP contribution in [0.5, 0.6) is 0 Å². The summed E-state index contributed by atoms with van der Waals surface area (Å²) in [5, 5.41) is 7.22. The summed E-state index contributed by atoms with van der Waals surface area (Å²) in [5.41, 5.74) is 1.51. The van der Waals surface area contributed by atoms with Crippen LogP contribution < -0.4 is 10.6 Å². The number of rotatable bonds is 5. The zero-order chi connectivity index (χ0) is 16.2. The van der Waals surface area contributed by atoms with Crippen LogP contribution in [0.2, 0.25) is 10.0 Å². The van der Waals surface area contributed by atoms with Gasteiger partial charge >= 0.3 is 0 Å². The number of anilines is 3. The molecule has 3 aromatic rings. The molecule has 0 fully saturated rings. The Bertz CT molecular complexity index is 806. The van der Waals surface area contributed by atoms with Crippen LogP contribution in [-0.2, 0) is 6.54 Å². The number of halogens is 2. The van der Waals surface area contributed by atoms with Gasteiger partial charge in [0, 0.05) is 11.8 Å². The van der Waals surface area contributed by atoms with Crippen molar-refractivity contribution in [3.63, 3.8) is 0 Å². The molecule has 3 rings (SSSR count). The van der Waals surface area contributed by atoms with E-state index in [1.165, 1.54) is 0 Å². The minimum absolute atomic E-state index is 0.454. The van der Waals surface area contributed by atoms with Crippen LogP contribution in [0.1, 0.15) is 11.5 Å². The van der Waals surface area contributed by atoms with Crippen LogP contribution >= 0.6 is 23.2 Å². The molecule has 0 aliphatic carbocycles. The molecular formula is C16H14Cl2N4O. The second-order valence-electron chi connectivity index (χ2n) is 4.88. The summed E-state index contributed by atoms with van der Waals surface area (Å²) in [6.45, 7) is 2.40. The van der Waals surface area contributed by atoms with E-state index < -0.39 is 0 Å². The predicted molar refractivity (Wildman–Crippen MR) is 92.5 cm³/mol. The normalized spacial score (nSPS) is 10.6. The summed E-state index contributed by atoms with van der Waals surface area (Å²) in [7, 11) is 0. The smallest absolute Gasteiger partial charge is 0.225 e. The van der Waals surface area contributed by atoms with Gasteiger partial charge in [-0.3, -0.25) is 0 Å². The van der Waals surface area contributed by atoms with Crippen LogP contribution in [0.3, 0.4) is 0 Å². The summed E-state index contributed by atoms with van der Waals surface area (Å²) in [5.74, 6) is 1.94. The van der Waals surface area contributed by atoms with Crippen molar-refractivity contribution in [2.24, 2.45) is 0 Å². The monoisotopic (exact) mass is 348 g/mol. The first-order valence-corrected chi connectivity index (χ1v) is 7.70. The van der Waals surface area contributed by atoms with Gasteiger partial charge in [-0.05, 0) is 31.2 Å². The standard InChI is InChI=1S/C16H14Cl2N4O/c1-10-8-14(21-13-6-2-5-12(17)15(13)18)22-16(20-10)19-9-11-4-3-7-23-11/h2-8H,9H2,1H3,(H2,19,20,21,22). The molecule has 5 nitrogen and oxygen atoms in total. The van der Waals surface area contributed by atoms with Gasteiger partial charge in [-0.1, -0.05) is 29.3 Å². The maximum absolute atomic E-state index is 6.19. The van der Waals surface area contributed by atoms with E-state index in [1.54, 1.807) is 12.3 Å². The van der Waals surface area contributed by atoms with Crippen LogP contribution in [0, 0.1) is 6.92 Å².